The van der Waals surface area contributed by atoms with Gasteiger partial charge in [-0.1, -0.05) is 141 Å². The van der Waals surface area contributed by atoms with E-state index < -0.39 is 0 Å². The van der Waals surface area contributed by atoms with E-state index in [-0.39, 0.29) is 5.41 Å². The Morgan fingerprint density at radius 2 is 0.830 bits per heavy atom. The summed E-state index contributed by atoms with van der Waals surface area (Å²) in [6, 6.07) is 69.0. The van der Waals surface area contributed by atoms with Crippen molar-refractivity contribution in [3.63, 3.8) is 0 Å². The van der Waals surface area contributed by atoms with Crippen molar-refractivity contribution >= 4 is 48.6 Å². The number of fused-ring (bicyclic) bond motifs is 6. The van der Waals surface area contributed by atoms with E-state index in [1.54, 1.807) is 0 Å². The maximum atomic E-state index is 2.44. The van der Waals surface area contributed by atoms with Crippen molar-refractivity contribution in [1.29, 1.82) is 0 Å². The van der Waals surface area contributed by atoms with E-state index in [0.717, 1.165) is 17.1 Å². The summed E-state index contributed by atoms with van der Waals surface area (Å²) in [6.45, 7) is 4.76. The van der Waals surface area contributed by atoms with E-state index in [1.165, 1.54) is 75.8 Å². The molecule has 1 aliphatic rings. The molecule has 0 saturated carbocycles. The van der Waals surface area contributed by atoms with E-state index in [2.05, 4.69) is 207 Å². The van der Waals surface area contributed by atoms with E-state index in [9.17, 15) is 0 Å². The first-order valence-electron chi connectivity index (χ1n) is 18.3. The average molecular weight is 696 g/mol. The minimum atomic E-state index is -0.159. The maximum Gasteiger partial charge on any atom is 0.0465 e. The maximum absolute atomic E-state index is 2.44. The molecule has 1 heterocycles. The standard InChI is InChI=1S/C51H37NS/c1-51(2)47-32-39(38-24-30-50-46(31-38)45-15-9-10-16-49(45)53-50)23-28-43(47)44-29-27-42(33-48(44)51)52(40-13-7-4-8-14-40)41-25-21-37(22-26-41)36-19-17-35(18-20-36)34-11-5-3-6-12-34/h3-33H,1-2H3. The molecule has 0 N–H and O–H groups in total. The Labute approximate surface area is 315 Å². The molecule has 1 aromatic heterocycles. The largest absolute Gasteiger partial charge is 0.310 e. The molecule has 8 aromatic carbocycles. The molecular weight excluding hydrogens is 659 g/mol. The van der Waals surface area contributed by atoms with Crippen molar-refractivity contribution in [2.75, 3.05) is 4.90 Å². The Kier molecular flexibility index (Phi) is 7.42. The van der Waals surface area contributed by atoms with Gasteiger partial charge in [-0.05, 0) is 116 Å². The van der Waals surface area contributed by atoms with Crippen LogP contribution >= 0.6 is 11.3 Å². The molecule has 1 nitrogen and oxygen atoms in total. The van der Waals surface area contributed by atoms with Crippen LogP contribution in [0.4, 0.5) is 17.1 Å². The van der Waals surface area contributed by atoms with Gasteiger partial charge in [-0.25, -0.2) is 0 Å². The number of rotatable bonds is 6. The van der Waals surface area contributed by atoms with Crippen LogP contribution in [0.2, 0.25) is 0 Å². The van der Waals surface area contributed by atoms with Gasteiger partial charge < -0.3 is 4.90 Å². The first-order valence-corrected chi connectivity index (χ1v) is 19.2. The Hall–Kier alpha value is -6.22. The van der Waals surface area contributed by atoms with E-state index in [1.807, 2.05) is 11.3 Å². The summed E-state index contributed by atoms with van der Waals surface area (Å²) in [7, 11) is 0. The van der Waals surface area contributed by atoms with Gasteiger partial charge in [0.25, 0.3) is 0 Å². The summed E-state index contributed by atoms with van der Waals surface area (Å²) in [5, 5.41) is 2.68. The molecule has 9 aromatic rings. The van der Waals surface area contributed by atoms with Gasteiger partial charge in [0.05, 0.1) is 0 Å². The number of para-hydroxylation sites is 1. The molecule has 0 amide bonds. The van der Waals surface area contributed by atoms with Crippen LogP contribution in [-0.4, -0.2) is 0 Å². The van der Waals surface area contributed by atoms with Gasteiger partial charge in [0.15, 0.2) is 0 Å². The first-order chi connectivity index (χ1) is 26.0. The van der Waals surface area contributed by atoms with Crippen LogP contribution in [0.25, 0.3) is 64.7 Å². The second kappa shape index (κ2) is 12.5. The predicted octanol–water partition coefficient (Wildman–Crippen LogP) is 14.8. The van der Waals surface area contributed by atoms with Gasteiger partial charge in [0.1, 0.15) is 0 Å². The smallest absolute Gasteiger partial charge is 0.0465 e. The third kappa shape index (κ3) is 5.37. The van der Waals surface area contributed by atoms with Gasteiger partial charge in [-0.15, -0.1) is 11.3 Å². The molecule has 0 saturated heterocycles. The van der Waals surface area contributed by atoms with Gasteiger partial charge in [0.2, 0.25) is 0 Å². The summed E-state index contributed by atoms with van der Waals surface area (Å²) in [5.74, 6) is 0. The van der Waals surface area contributed by atoms with Gasteiger partial charge in [-0.2, -0.15) is 0 Å². The molecule has 10 rings (SSSR count). The van der Waals surface area contributed by atoms with Crippen LogP contribution in [0.1, 0.15) is 25.0 Å². The minimum absolute atomic E-state index is 0.159. The molecule has 252 valence electrons. The zero-order chi connectivity index (χ0) is 35.5. The third-order valence-corrected chi connectivity index (χ3v) is 12.2. The highest BCUT2D eigenvalue weighted by molar-refractivity contribution is 7.25. The number of thiophene rings is 1. The molecular formula is C51H37NS. The number of hydrogen-bond acceptors (Lipinski definition) is 2. The molecule has 1 aliphatic carbocycles. The highest BCUT2D eigenvalue weighted by Gasteiger charge is 2.36. The topological polar surface area (TPSA) is 3.24 Å². The quantitative estimate of drug-likeness (QED) is 0.167. The zero-order valence-electron chi connectivity index (χ0n) is 29.8. The first kappa shape index (κ1) is 31.5. The van der Waals surface area contributed by atoms with Gasteiger partial charge >= 0.3 is 0 Å². The second-order valence-electron chi connectivity index (χ2n) is 14.6. The van der Waals surface area contributed by atoms with Crippen molar-refractivity contribution in [3.8, 4) is 44.5 Å². The van der Waals surface area contributed by atoms with Gasteiger partial charge in [0, 0.05) is 42.6 Å². The van der Waals surface area contributed by atoms with Crippen LogP contribution in [0, 0.1) is 0 Å². The lowest BCUT2D eigenvalue weighted by Gasteiger charge is -2.28. The molecule has 0 radical (unpaired) electrons. The van der Waals surface area contributed by atoms with Crippen LogP contribution in [0.3, 0.4) is 0 Å². The molecule has 0 aliphatic heterocycles. The molecule has 0 atom stereocenters. The summed E-state index contributed by atoms with van der Waals surface area (Å²) in [4.78, 5) is 2.38. The normalized spacial score (nSPS) is 12.9. The van der Waals surface area contributed by atoms with Crippen LogP contribution in [-0.2, 0) is 5.41 Å². The molecule has 0 fully saturated rings. The second-order valence-corrected chi connectivity index (χ2v) is 15.7. The molecule has 53 heavy (non-hydrogen) atoms. The van der Waals surface area contributed by atoms with Crippen molar-refractivity contribution in [2.45, 2.75) is 19.3 Å². The number of benzene rings is 8. The van der Waals surface area contributed by atoms with Crippen LogP contribution < -0.4 is 4.90 Å². The lowest BCUT2D eigenvalue weighted by molar-refractivity contribution is 0.660. The highest BCUT2D eigenvalue weighted by Crippen LogP contribution is 2.52. The van der Waals surface area contributed by atoms with Crippen molar-refractivity contribution in [1.82, 2.24) is 0 Å². The van der Waals surface area contributed by atoms with Crippen molar-refractivity contribution in [3.05, 3.63) is 199 Å². The average Bonchev–Trinajstić information content (AvgIpc) is 3.70. The van der Waals surface area contributed by atoms with E-state index >= 15 is 0 Å². The summed E-state index contributed by atoms with van der Waals surface area (Å²) in [5.41, 5.74) is 16.1. The molecule has 0 spiro atoms. The Bertz CT molecular complexity index is 2780. The Balaban J connectivity index is 0.995. The SMILES string of the molecule is CC1(C)c2cc(-c3ccc4sc5ccccc5c4c3)ccc2-c2ccc(N(c3ccccc3)c3ccc(-c4ccc(-c5ccccc5)cc4)cc3)cc21. The van der Waals surface area contributed by atoms with E-state index in [0.29, 0.717) is 0 Å². The fourth-order valence-corrected chi connectivity index (χ4v) is 9.35. The monoisotopic (exact) mass is 695 g/mol. The van der Waals surface area contributed by atoms with Crippen molar-refractivity contribution in [2.24, 2.45) is 0 Å². The highest BCUT2D eigenvalue weighted by atomic mass is 32.1. The Morgan fingerprint density at radius 3 is 1.55 bits per heavy atom. The van der Waals surface area contributed by atoms with Crippen LogP contribution in [0.5, 0.6) is 0 Å². The van der Waals surface area contributed by atoms with Crippen LogP contribution in [0.15, 0.2) is 188 Å². The van der Waals surface area contributed by atoms with E-state index in [4.69, 9.17) is 0 Å². The zero-order valence-corrected chi connectivity index (χ0v) is 30.6. The summed E-state index contributed by atoms with van der Waals surface area (Å²) < 4.78 is 2.68. The lowest BCUT2D eigenvalue weighted by atomic mass is 9.81. The third-order valence-electron chi connectivity index (χ3n) is 11.1. The summed E-state index contributed by atoms with van der Waals surface area (Å²) in [6.07, 6.45) is 0. The fraction of sp³-hybridized carbons (Fsp3) is 0.0588. The number of hydrogen-bond donors (Lipinski definition) is 0. The molecule has 0 unspecified atom stereocenters. The van der Waals surface area contributed by atoms with Crippen molar-refractivity contribution < 1.29 is 0 Å². The number of nitrogens with zero attached hydrogens (tertiary/aromatic N) is 1. The van der Waals surface area contributed by atoms with Gasteiger partial charge in [-0.3, -0.25) is 0 Å². The Morgan fingerprint density at radius 1 is 0.358 bits per heavy atom. The summed E-state index contributed by atoms with van der Waals surface area (Å²) >= 11 is 1.87. The lowest BCUT2D eigenvalue weighted by Crippen LogP contribution is -2.16. The molecule has 2 heteroatoms. The molecule has 0 bridgehead atoms. The fourth-order valence-electron chi connectivity index (χ4n) is 8.26. The predicted molar refractivity (Wildman–Crippen MR) is 228 cm³/mol. The number of anilines is 3. The minimum Gasteiger partial charge on any atom is -0.310 e.